The van der Waals surface area contributed by atoms with Crippen LogP contribution in [-0.2, 0) is 6.54 Å². The molecular formula is C23H30F4N6O4. The molecule has 204 valence electrons. The fraction of sp³-hybridized carbons (Fsp3) is 0.609. The second-order valence-electron chi connectivity index (χ2n) is 9.81. The van der Waals surface area contributed by atoms with Crippen molar-refractivity contribution in [1.29, 1.82) is 0 Å². The Morgan fingerprint density at radius 1 is 1.19 bits per heavy atom. The largest absolute Gasteiger partial charge is 0.573 e. The zero-order valence-electron chi connectivity index (χ0n) is 20.8. The van der Waals surface area contributed by atoms with Crippen LogP contribution in [0.15, 0.2) is 18.2 Å². The molecule has 1 aromatic carbocycles. The number of piperidine rings is 1. The molecule has 1 aliphatic carbocycles. The molecule has 14 heteroatoms. The van der Waals surface area contributed by atoms with E-state index in [4.69, 9.17) is 0 Å². The van der Waals surface area contributed by atoms with E-state index in [1.54, 1.807) is 33.7 Å². The van der Waals surface area contributed by atoms with Crippen molar-refractivity contribution in [1.82, 2.24) is 30.2 Å². The number of hydrogen-bond acceptors (Lipinski definition) is 4. The van der Waals surface area contributed by atoms with Gasteiger partial charge in [0.2, 0.25) is 0 Å². The predicted octanol–water partition coefficient (Wildman–Crippen LogP) is 2.55. The minimum Gasteiger partial charge on any atom is -0.406 e. The van der Waals surface area contributed by atoms with E-state index in [1.807, 2.05) is 0 Å². The molecule has 1 saturated carbocycles. The molecule has 1 aromatic rings. The monoisotopic (exact) mass is 530 g/mol. The van der Waals surface area contributed by atoms with Gasteiger partial charge in [-0.25, -0.2) is 18.8 Å². The summed E-state index contributed by atoms with van der Waals surface area (Å²) in [5.74, 6) is -1.64. The molecule has 2 N–H and O–H groups in total. The zero-order chi connectivity index (χ0) is 27.1. The molecule has 2 atom stereocenters. The van der Waals surface area contributed by atoms with Crippen molar-refractivity contribution in [3.05, 3.63) is 29.6 Å². The summed E-state index contributed by atoms with van der Waals surface area (Å²) in [6.45, 7) is 0.713. The molecule has 0 radical (unpaired) electrons. The fourth-order valence-corrected chi connectivity index (χ4v) is 5.29. The zero-order valence-corrected chi connectivity index (χ0v) is 20.8. The number of likely N-dealkylation sites (N-methyl/N-ethyl adjacent to an activating group) is 2. The lowest BCUT2D eigenvalue weighted by Gasteiger charge is -2.49. The minimum atomic E-state index is -4.94. The molecule has 37 heavy (non-hydrogen) atoms. The van der Waals surface area contributed by atoms with Crippen molar-refractivity contribution < 1.29 is 36.7 Å². The van der Waals surface area contributed by atoms with Crippen LogP contribution in [-0.4, -0.2) is 102 Å². The highest BCUT2D eigenvalue weighted by molar-refractivity contribution is 5.79. The van der Waals surface area contributed by atoms with Crippen molar-refractivity contribution in [2.45, 2.75) is 49.8 Å². The lowest BCUT2D eigenvalue weighted by molar-refractivity contribution is -0.274. The predicted molar refractivity (Wildman–Crippen MR) is 123 cm³/mol. The highest BCUT2D eigenvalue weighted by Gasteiger charge is 2.54. The van der Waals surface area contributed by atoms with Gasteiger partial charge in [0.25, 0.3) is 0 Å². The van der Waals surface area contributed by atoms with Gasteiger partial charge in [-0.15, -0.1) is 13.2 Å². The molecule has 2 aliphatic heterocycles. The Morgan fingerprint density at radius 3 is 2.43 bits per heavy atom. The van der Waals surface area contributed by atoms with Crippen LogP contribution < -0.4 is 15.4 Å². The summed E-state index contributed by atoms with van der Waals surface area (Å²) in [6, 6.07) is 1.27. The van der Waals surface area contributed by atoms with Gasteiger partial charge in [-0.2, -0.15) is 0 Å². The van der Waals surface area contributed by atoms with E-state index < -0.39 is 35.5 Å². The lowest BCUT2D eigenvalue weighted by Crippen LogP contribution is -2.66. The van der Waals surface area contributed by atoms with Gasteiger partial charge in [0.05, 0.1) is 11.6 Å². The van der Waals surface area contributed by atoms with Crippen LogP contribution in [0.4, 0.5) is 31.9 Å². The first-order valence-corrected chi connectivity index (χ1v) is 11.9. The van der Waals surface area contributed by atoms with E-state index in [-0.39, 0.29) is 36.8 Å². The molecule has 1 unspecified atom stereocenters. The van der Waals surface area contributed by atoms with Crippen molar-refractivity contribution in [2.24, 2.45) is 0 Å². The molecule has 0 aromatic heterocycles. The van der Waals surface area contributed by atoms with Gasteiger partial charge in [-0.05, 0) is 25.3 Å². The first-order chi connectivity index (χ1) is 17.3. The Hall–Kier alpha value is -3.45. The van der Waals surface area contributed by atoms with Gasteiger partial charge in [0.1, 0.15) is 11.6 Å². The van der Waals surface area contributed by atoms with Crippen molar-refractivity contribution in [2.75, 3.05) is 40.8 Å². The van der Waals surface area contributed by atoms with E-state index >= 15 is 0 Å². The van der Waals surface area contributed by atoms with Gasteiger partial charge in [0.15, 0.2) is 0 Å². The third-order valence-electron chi connectivity index (χ3n) is 7.15. The SMILES string of the molecule is CNC(=O)N1C[C@H](N(C(=O)NCc2ccc(OC(F)(F)F)cc2F)C2CC2)CC2(CN(C)C(=O)N2C)C1. The van der Waals surface area contributed by atoms with Crippen molar-refractivity contribution in [3.63, 3.8) is 0 Å². The number of nitrogens with one attached hydrogen (secondary N) is 2. The normalized spacial score (nSPS) is 23.9. The molecule has 10 nitrogen and oxygen atoms in total. The van der Waals surface area contributed by atoms with E-state index in [1.165, 1.54) is 7.05 Å². The third-order valence-corrected chi connectivity index (χ3v) is 7.15. The van der Waals surface area contributed by atoms with Crippen molar-refractivity contribution in [3.8, 4) is 5.75 Å². The summed E-state index contributed by atoms with van der Waals surface area (Å²) in [5, 5.41) is 5.28. The number of amides is 6. The summed E-state index contributed by atoms with van der Waals surface area (Å²) in [5.41, 5.74) is -0.691. The summed E-state index contributed by atoms with van der Waals surface area (Å²) in [6.07, 6.45) is -2.96. The molecule has 2 saturated heterocycles. The highest BCUT2D eigenvalue weighted by Crippen LogP contribution is 2.38. The number of carbonyl (C=O) groups is 3. The number of benzene rings is 1. The van der Waals surface area contributed by atoms with Gasteiger partial charge in [-0.3, -0.25) is 0 Å². The number of urea groups is 3. The van der Waals surface area contributed by atoms with Crippen LogP contribution in [0, 0.1) is 5.82 Å². The van der Waals surface area contributed by atoms with Crippen molar-refractivity contribution >= 4 is 18.1 Å². The van der Waals surface area contributed by atoms with E-state index in [0.717, 1.165) is 25.0 Å². The summed E-state index contributed by atoms with van der Waals surface area (Å²) in [7, 11) is 4.89. The number of alkyl halides is 3. The Balaban J connectivity index is 1.51. The first-order valence-electron chi connectivity index (χ1n) is 11.9. The number of carbonyl (C=O) groups excluding carboxylic acids is 3. The molecule has 1 spiro atoms. The van der Waals surface area contributed by atoms with Gasteiger partial charge in [-0.1, -0.05) is 6.07 Å². The van der Waals surface area contributed by atoms with E-state index in [2.05, 4.69) is 15.4 Å². The maximum atomic E-state index is 14.4. The summed E-state index contributed by atoms with van der Waals surface area (Å²) in [4.78, 5) is 45.0. The quantitative estimate of drug-likeness (QED) is 0.572. The second kappa shape index (κ2) is 9.78. The number of ether oxygens (including phenoxy) is 1. The molecule has 4 rings (SSSR count). The maximum Gasteiger partial charge on any atom is 0.573 e. The van der Waals surface area contributed by atoms with Crippen LogP contribution in [0.25, 0.3) is 0 Å². The number of halogens is 4. The molecule has 3 fully saturated rings. The van der Waals surface area contributed by atoms with Crippen LogP contribution >= 0.6 is 0 Å². The Kier molecular flexibility index (Phi) is 7.04. The standard InChI is InChI=1S/C23H30F4N6O4/c1-28-19(34)32-11-16(9-22(13-32)12-30(2)21(36)31(22)3)33(15-5-6-15)20(35)29-10-14-4-7-17(8-18(14)24)37-23(25,26)27/h4,7-8,15-16H,5-6,9-13H2,1-3H3,(H,28,34)(H,29,35)/t16-,22?/m1/s1. The number of rotatable bonds is 5. The molecule has 2 heterocycles. The van der Waals surface area contributed by atoms with Crippen LogP contribution in [0.1, 0.15) is 24.8 Å². The van der Waals surface area contributed by atoms with Crippen LogP contribution in [0.2, 0.25) is 0 Å². The smallest absolute Gasteiger partial charge is 0.406 e. The molecular weight excluding hydrogens is 500 g/mol. The molecule has 3 aliphatic rings. The molecule has 0 bridgehead atoms. The Morgan fingerprint density at radius 2 is 1.89 bits per heavy atom. The van der Waals surface area contributed by atoms with Crippen LogP contribution in [0.3, 0.4) is 0 Å². The van der Waals surface area contributed by atoms with Gasteiger partial charge >= 0.3 is 24.5 Å². The van der Waals surface area contributed by atoms with Gasteiger partial charge in [0, 0.05) is 65.0 Å². The minimum absolute atomic E-state index is 0.00605. The Bertz CT molecular complexity index is 1070. The Labute approximate surface area is 211 Å². The lowest BCUT2D eigenvalue weighted by atomic mass is 9.85. The topological polar surface area (TPSA) is 97.5 Å². The first kappa shape index (κ1) is 26.6. The fourth-order valence-electron chi connectivity index (χ4n) is 5.29. The maximum absolute atomic E-state index is 14.4. The van der Waals surface area contributed by atoms with E-state index in [9.17, 15) is 31.9 Å². The molecule has 6 amide bonds. The van der Waals surface area contributed by atoms with E-state index in [0.29, 0.717) is 25.6 Å². The highest BCUT2D eigenvalue weighted by atomic mass is 19.4. The summed E-state index contributed by atoms with van der Waals surface area (Å²) >= 11 is 0. The summed E-state index contributed by atoms with van der Waals surface area (Å²) < 4.78 is 55.3. The number of likely N-dealkylation sites (tertiary alicyclic amines) is 1. The third kappa shape index (κ3) is 5.62. The second-order valence-corrected chi connectivity index (χ2v) is 9.81. The average molecular weight is 531 g/mol. The average Bonchev–Trinajstić information content (AvgIpc) is 3.63. The number of nitrogens with zero attached hydrogens (tertiary/aromatic N) is 4. The van der Waals surface area contributed by atoms with Crippen LogP contribution in [0.5, 0.6) is 5.75 Å². The number of hydrogen-bond donors (Lipinski definition) is 2. The van der Waals surface area contributed by atoms with Gasteiger partial charge < -0.3 is 35.0 Å².